The van der Waals surface area contributed by atoms with Gasteiger partial charge in [0.2, 0.25) is 5.91 Å². The summed E-state index contributed by atoms with van der Waals surface area (Å²) in [4.78, 5) is 12.1. The highest BCUT2D eigenvalue weighted by Gasteiger charge is 2.24. The summed E-state index contributed by atoms with van der Waals surface area (Å²) in [5.74, 6) is 0.639. The monoisotopic (exact) mass is 274 g/mol. The highest BCUT2D eigenvalue weighted by Crippen LogP contribution is 2.27. The van der Waals surface area contributed by atoms with Gasteiger partial charge in [0.1, 0.15) is 0 Å². The molecule has 1 amide bonds. The molecule has 0 bridgehead atoms. The fraction of sp³-hybridized carbons (Fsp3) is 0.588. The number of carbonyl (C=O) groups is 1. The van der Waals surface area contributed by atoms with Gasteiger partial charge in [0.25, 0.3) is 0 Å². The van der Waals surface area contributed by atoms with Crippen LogP contribution in [0, 0.1) is 5.92 Å². The number of hydrogen-bond acceptors (Lipinski definition) is 2. The Kier molecular flexibility index (Phi) is 5.60. The molecule has 0 aliphatic heterocycles. The second-order valence-corrected chi connectivity index (χ2v) is 5.97. The summed E-state index contributed by atoms with van der Waals surface area (Å²) in [6.07, 6.45) is 6.62. The van der Waals surface area contributed by atoms with Crippen molar-refractivity contribution in [2.24, 2.45) is 11.7 Å². The van der Waals surface area contributed by atoms with E-state index in [4.69, 9.17) is 5.73 Å². The van der Waals surface area contributed by atoms with E-state index in [0.717, 1.165) is 6.42 Å². The minimum atomic E-state index is -0.404. The number of nitrogens with one attached hydrogen (secondary N) is 1. The predicted octanol–water partition coefficient (Wildman–Crippen LogP) is 2.64. The summed E-state index contributed by atoms with van der Waals surface area (Å²) in [5.41, 5.74) is 7.24. The van der Waals surface area contributed by atoms with Crippen LogP contribution in [0.1, 0.15) is 44.6 Å². The van der Waals surface area contributed by atoms with Crippen LogP contribution in [0.5, 0.6) is 0 Å². The number of benzene rings is 1. The Morgan fingerprint density at radius 3 is 2.60 bits per heavy atom. The first kappa shape index (κ1) is 15.0. The third-order valence-corrected chi connectivity index (χ3v) is 4.40. The Morgan fingerprint density at radius 2 is 1.95 bits per heavy atom. The molecule has 0 heterocycles. The lowest BCUT2D eigenvalue weighted by Gasteiger charge is -2.22. The van der Waals surface area contributed by atoms with Crippen LogP contribution in [-0.2, 0) is 11.2 Å². The summed E-state index contributed by atoms with van der Waals surface area (Å²) in [5, 5.41) is 3.09. The van der Waals surface area contributed by atoms with Crippen molar-refractivity contribution in [3.63, 3.8) is 0 Å². The number of aryl methyl sites for hydroxylation is 1. The van der Waals surface area contributed by atoms with Crippen molar-refractivity contribution in [3.05, 3.63) is 35.9 Å². The van der Waals surface area contributed by atoms with Gasteiger partial charge in [0, 0.05) is 6.04 Å². The normalized spacial score (nSPS) is 18.7. The van der Waals surface area contributed by atoms with E-state index in [0.29, 0.717) is 12.3 Å². The van der Waals surface area contributed by atoms with Crippen LogP contribution in [0.3, 0.4) is 0 Å². The number of hydrogen-bond donors (Lipinski definition) is 2. The quantitative estimate of drug-likeness (QED) is 0.838. The van der Waals surface area contributed by atoms with Gasteiger partial charge in [-0.3, -0.25) is 4.79 Å². The van der Waals surface area contributed by atoms with E-state index in [1.54, 1.807) is 0 Å². The number of amides is 1. The van der Waals surface area contributed by atoms with Crippen LogP contribution in [0.4, 0.5) is 0 Å². The molecule has 0 aromatic heterocycles. The zero-order valence-corrected chi connectivity index (χ0v) is 12.3. The van der Waals surface area contributed by atoms with E-state index in [-0.39, 0.29) is 11.9 Å². The minimum Gasteiger partial charge on any atom is -0.352 e. The van der Waals surface area contributed by atoms with E-state index >= 15 is 0 Å². The molecule has 2 atom stereocenters. The SMILES string of the molecule is CC(NC(=O)C(N)CCc1ccccc1)C1CCCC1. The highest BCUT2D eigenvalue weighted by molar-refractivity contribution is 5.81. The van der Waals surface area contributed by atoms with Gasteiger partial charge >= 0.3 is 0 Å². The van der Waals surface area contributed by atoms with Gasteiger partial charge in [0.05, 0.1) is 6.04 Å². The van der Waals surface area contributed by atoms with Gasteiger partial charge in [-0.15, -0.1) is 0 Å². The van der Waals surface area contributed by atoms with Gasteiger partial charge < -0.3 is 11.1 Å². The van der Waals surface area contributed by atoms with Gasteiger partial charge in [-0.05, 0) is 44.1 Å². The standard InChI is InChI=1S/C17H26N2O/c1-13(15-9-5-6-10-15)19-17(20)16(18)12-11-14-7-3-2-4-8-14/h2-4,7-8,13,15-16H,5-6,9-12,18H2,1H3,(H,19,20). The molecule has 2 rings (SSSR count). The van der Waals surface area contributed by atoms with Gasteiger partial charge in [-0.1, -0.05) is 43.2 Å². The first-order valence-corrected chi connectivity index (χ1v) is 7.76. The molecule has 3 heteroatoms. The van der Waals surface area contributed by atoms with Gasteiger partial charge in [-0.25, -0.2) is 0 Å². The molecule has 1 aromatic carbocycles. The van der Waals surface area contributed by atoms with E-state index in [1.807, 2.05) is 18.2 Å². The van der Waals surface area contributed by atoms with Gasteiger partial charge in [0.15, 0.2) is 0 Å². The second-order valence-electron chi connectivity index (χ2n) is 5.97. The van der Waals surface area contributed by atoms with Crippen molar-refractivity contribution >= 4 is 5.91 Å². The third-order valence-electron chi connectivity index (χ3n) is 4.40. The summed E-state index contributed by atoms with van der Waals surface area (Å²) in [6, 6.07) is 10.0. The Hall–Kier alpha value is -1.35. The molecule has 1 aromatic rings. The predicted molar refractivity (Wildman–Crippen MR) is 82.3 cm³/mol. The minimum absolute atomic E-state index is 0.000307. The van der Waals surface area contributed by atoms with Crippen LogP contribution in [0.2, 0.25) is 0 Å². The first-order chi connectivity index (χ1) is 9.66. The molecule has 1 fully saturated rings. The summed E-state index contributed by atoms with van der Waals surface area (Å²) in [7, 11) is 0. The fourth-order valence-electron chi connectivity index (χ4n) is 3.00. The molecule has 0 radical (unpaired) electrons. The summed E-state index contributed by atoms with van der Waals surface area (Å²) >= 11 is 0. The number of nitrogens with two attached hydrogens (primary N) is 1. The zero-order chi connectivity index (χ0) is 14.4. The highest BCUT2D eigenvalue weighted by atomic mass is 16.2. The van der Waals surface area contributed by atoms with Crippen LogP contribution < -0.4 is 11.1 Å². The molecular weight excluding hydrogens is 248 g/mol. The molecule has 3 nitrogen and oxygen atoms in total. The maximum Gasteiger partial charge on any atom is 0.237 e. The Morgan fingerprint density at radius 1 is 1.30 bits per heavy atom. The molecule has 3 N–H and O–H groups in total. The third kappa shape index (κ3) is 4.34. The van der Waals surface area contributed by atoms with Crippen molar-refractivity contribution in [2.45, 2.75) is 57.5 Å². The number of carbonyl (C=O) groups excluding carboxylic acids is 1. The van der Waals surface area contributed by atoms with Crippen molar-refractivity contribution in [1.82, 2.24) is 5.32 Å². The van der Waals surface area contributed by atoms with Crippen LogP contribution in [0.15, 0.2) is 30.3 Å². The lowest BCUT2D eigenvalue weighted by molar-refractivity contribution is -0.123. The smallest absolute Gasteiger partial charge is 0.237 e. The van der Waals surface area contributed by atoms with Crippen molar-refractivity contribution < 1.29 is 4.79 Å². The van der Waals surface area contributed by atoms with Crippen LogP contribution >= 0.6 is 0 Å². The molecule has 0 spiro atoms. The first-order valence-electron chi connectivity index (χ1n) is 7.76. The zero-order valence-electron chi connectivity index (χ0n) is 12.3. The molecule has 2 unspecified atom stereocenters. The molecule has 1 aliphatic carbocycles. The van der Waals surface area contributed by atoms with E-state index < -0.39 is 6.04 Å². The van der Waals surface area contributed by atoms with E-state index in [2.05, 4.69) is 24.4 Å². The van der Waals surface area contributed by atoms with Crippen molar-refractivity contribution in [2.75, 3.05) is 0 Å². The molecule has 110 valence electrons. The lowest BCUT2D eigenvalue weighted by atomic mass is 9.99. The molecule has 0 saturated heterocycles. The second kappa shape index (κ2) is 7.44. The molecule has 1 saturated carbocycles. The average molecular weight is 274 g/mol. The number of rotatable bonds is 6. The topological polar surface area (TPSA) is 55.1 Å². The maximum absolute atomic E-state index is 12.1. The Balaban J connectivity index is 1.74. The van der Waals surface area contributed by atoms with E-state index in [1.165, 1.54) is 31.2 Å². The van der Waals surface area contributed by atoms with E-state index in [9.17, 15) is 4.79 Å². The maximum atomic E-state index is 12.1. The lowest BCUT2D eigenvalue weighted by Crippen LogP contribution is -2.46. The summed E-state index contributed by atoms with van der Waals surface area (Å²) in [6.45, 7) is 2.11. The fourth-order valence-corrected chi connectivity index (χ4v) is 3.00. The molecular formula is C17H26N2O. The van der Waals surface area contributed by atoms with Crippen LogP contribution in [-0.4, -0.2) is 18.0 Å². The molecule has 20 heavy (non-hydrogen) atoms. The van der Waals surface area contributed by atoms with Gasteiger partial charge in [-0.2, -0.15) is 0 Å². The molecule has 1 aliphatic rings. The Bertz CT molecular complexity index is 412. The Labute approximate surface area is 121 Å². The van der Waals surface area contributed by atoms with Crippen LogP contribution in [0.25, 0.3) is 0 Å². The largest absolute Gasteiger partial charge is 0.352 e. The van der Waals surface area contributed by atoms with Crippen molar-refractivity contribution in [1.29, 1.82) is 0 Å². The summed E-state index contributed by atoms with van der Waals surface area (Å²) < 4.78 is 0. The average Bonchev–Trinajstić information content (AvgIpc) is 3.00. The van der Waals surface area contributed by atoms with Crippen molar-refractivity contribution in [3.8, 4) is 0 Å².